The van der Waals surface area contributed by atoms with Crippen molar-refractivity contribution in [3.63, 3.8) is 0 Å². The van der Waals surface area contributed by atoms with Gasteiger partial charge in [-0.3, -0.25) is 4.79 Å². The summed E-state index contributed by atoms with van der Waals surface area (Å²) in [5.41, 5.74) is 0.269. The van der Waals surface area contributed by atoms with E-state index in [1.807, 2.05) is 24.3 Å². The molecule has 0 bridgehead atoms. The number of hydrogen-bond acceptors (Lipinski definition) is 2. The quantitative estimate of drug-likeness (QED) is 0.745. The predicted octanol–water partition coefficient (Wildman–Crippen LogP) is 3.01. The number of halogens is 1. The van der Waals surface area contributed by atoms with Gasteiger partial charge in [-0.2, -0.15) is 0 Å². The Balaban J connectivity index is 2.40. The highest BCUT2D eigenvalue weighted by Gasteiger charge is 2.35. The van der Waals surface area contributed by atoms with E-state index in [0.717, 1.165) is 9.13 Å². The van der Waals surface area contributed by atoms with Crippen molar-refractivity contribution in [2.24, 2.45) is 0 Å². The first-order valence-corrected chi connectivity index (χ1v) is 5.78. The van der Waals surface area contributed by atoms with Crippen LogP contribution in [0.3, 0.4) is 0 Å². The first kappa shape index (κ1) is 10.7. The van der Waals surface area contributed by atoms with Gasteiger partial charge in [0.15, 0.2) is 5.60 Å². The summed E-state index contributed by atoms with van der Waals surface area (Å²) in [4.78, 5) is 11.6. The van der Waals surface area contributed by atoms with Crippen molar-refractivity contribution in [2.45, 2.75) is 19.4 Å². The van der Waals surface area contributed by atoms with Gasteiger partial charge in [0.05, 0.1) is 0 Å². The number of ether oxygens (including phenoxy) is 1. The van der Waals surface area contributed by atoms with Crippen LogP contribution in [0.1, 0.15) is 19.4 Å². The number of hydrogen-bond donors (Lipinski definition) is 0. The van der Waals surface area contributed by atoms with Crippen LogP contribution in [0, 0.1) is 3.57 Å². The third-order valence-electron chi connectivity index (χ3n) is 2.36. The van der Waals surface area contributed by atoms with E-state index in [2.05, 4.69) is 22.6 Å². The molecule has 1 aliphatic heterocycles. The van der Waals surface area contributed by atoms with Crippen molar-refractivity contribution < 1.29 is 9.53 Å². The van der Waals surface area contributed by atoms with Gasteiger partial charge in [-0.25, -0.2) is 0 Å². The lowest BCUT2D eigenvalue weighted by molar-refractivity contribution is -0.125. The van der Waals surface area contributed by atoms with Gasteiger partial charge in [0, 0.05) is 15.2 Å². The van der Waals surface area contributed by atoms with E-state index in [4.69, 9.17) is 4.74 Å². The molecule has 0 atom stereocenters. The van der Waals surface area contributed by atoms with Crippen molar-refractivity contribution in [1.82, 2.24) is 0 Å². The standard InChI is InChI=1S/C12H11IO2/c1-12(2)11(14)7-10(15-12)8-5-3-4-6-9(8)13/h3-7H,1-2H3. The van der Waals surface area contributed by atoms with Gasteiger partial charge in [-0.15, -0.1) is 0 Å². The highest BCUT2D eigenvalue weighted by Crippen LogP contribution is 2.32. The SMILES string of the molecule is CC1(C)OC(c2ccccc2I)=CC1=O. The third kappa shape index (κ3) is 1.93. The fraction of sp³-hybridized carbons (Fsp3) is 0.250. The molecule has 0 N–H and O–H groups in total. The molecule has 3 heteroatoms. The van der Waals surface area contributed by atoms with E-state index >= 15 is 0 Å². The lowest BCUT2D eigenvalue weighted by Crippen LogP contribution is -2.27. The molecule has 1 aromatic carbocycles. The molecule has 1 heterocycles. The van der Waals surface area contributed by atoms with Crippen LogP contribution in [0.4, 0.5) is 0 Å². The summed E-state index contributed by atoms with van der Waals surface area (Å²) >= 11 is 2.24. The zero-order valence-electron chi connectivity index (χ0n) is 8.58. The summed E-state index contributed by atoms with van der Waals surface area (Å²) in [5, 5.41) is 0. The van der Waals surface area contributed by atoms with Gasteiger partial charge in [-0.1, -0.05) is 18.2 Å². The molecule has 15 heavy (non-hydrogen) atoms. The van der Waals surface area contributed by atoms with Gasteiger partial charge < -0.3 is 4.74 Å². The zero-order valence-corrected chi connectivity index (χ0v) is 10.7. The molecule has 1 aliphatic rings. The second-order valence-corrected chi connectivity index (χ2v) is 5.13. The van der Waals surface area contributed by atoms with Crippen molar-refractivity contribution in [3.05, 3.63) is 39.5 Å². The van der Waals surface area contributed by atoms with E-state index in [0.29, 0.717) is 5.76 Å². The van der Waals surface area contributed by atoms with Crippen LogP contribution in [-0.4, -0.2) is 11.4 Å². The molecule has 0 aliphatic carbocycles. The van der Waals surface area contributed by atoms with Crippen molar-refractivity contribution in [3.8, 4) is 0 Å². The molecule has 1 aromatic rings. The molecule has 0 saturated heterocycles. The largest absolute Gasteiger partial charge is 0.479 e. The Bertz CT molecular complexity index is 447. The lowest BCUT2D eigenvalue weighted by Gasteiger charge is -2.18. The summed E-state index contributed by atoms with van der Waals surface area (Å²) in [6.45, 7) is 3.57. The van der Waals surface area contributed by atoms with Crippen LogP contribution in [0.5, 0.6) is 0 Å². The average Bonchev–Trinajstić information content (AvgIpc) is 2.42. The van der Waals surface area contributed by atoms with E-state index in [1.165, 1.54) is 0 Å². The third-order valence-corrected chi connectivity index (χ3v) is 3.30. The smallest absolute Gasteiger partial charge is 0.202 e. The first-order chi connectivity index (χ1) is 7.00. The second kappa shape index (κ2) is 3.63. The number of benzene rings is 1. The van der Waals surface area contributed by atoms with Crippen molar-refractivity contribution in [1.29, 1.82) is 0 Å². The van der Waals surface area contributed by atoms with Crippen LogP contribution in [0.15, 0.2) is 30.3 Å². The summed E-state index contributed by atoms with van der Waals surface area (Å²) in [7, 11) is 0. The highest BCUT2D eigenvalue weighted by atomic mass is 127. The highest BCUT2D eigenvalue weighted by molar-refractivity contribution is 14.1. The van der Waals surface area contributed by atoms with E-state index < -0.39 is 5.60 Å². The van der Waals surface area contributed by atoms with Gasteiger partial charge in [-0.05, 0) is 42.5 Å². The topological polar surface area (TPSA) is 26.3 Å². The molecule has 78 valence electrons. The lowest BCUT2D eigenvalue weighted by atomic mass is 10.1. The molecule has 0 unspecified atom stereocenters. The fourth-order valence-corrected chi connectivity index (χ4v) is 2.09. The Kier molecular flexibility index (Phi) is 2.58. The molecule has 0 amide bonds. The maximum absolute atomic E-state index is 11.6. The molecule has 0 fully saturated rings. The maximum Gasteiger partial charge on any atom is 0.202 e. The minimum absolute atomic E-state index is 0.0251. The Morgan fingerprint density at radius 1 is 1.27 bits per heavy atom. The van der Waals surface area contributed by atoms with E-state index in [-0.39, 0.29) is 5.78 Å². The monoisotopic (exact) mass is 314 g/mol. The van der Waals surface area contributed by atoms with E-state index in [9.17, 15) is 4.79 Å². The Labute approximate surface area is 102 Å². The molecule has 2 nitrogen and oxygen atoms in total. The predicted molar refractivity (Wildman–Crippen MR) is 67.3 cm³/mol. The number of ketones is 1. The van der Waals surface area contributed by atoms with Gasteiger partial charge in [0.25, 0.3) is 0 Å². The van der Waals surface area contributed by atoms with Gasteiger partial charge in [0.1, 0.15) is 5.76 Å². The Hall–Kier alpha value is -0.840. The summed E-state index contributed by atoms with van der Waals surface area (Å²) < 4.78 is 6.72. The van der Waals surface area contributed by atoms with Crippen LogP contribution < -0.4 is 0 Å². The van der Waals surface area contributed by atoms with Gasteiger partial charge in [0.2, 0.25) is 5.78 Å². The molecular formula is C12H11IO2. The van der Waals surface area contributed by atoms with E-state index in [1.54, 1.807) is 19.9 Å². The zero-order chi connectivity index (χ0) is 11.1. The molecule has 0 aromatic heterocycles. The molecule has 2 rings (SSSR count). The summed E-state index contributed by atoms with van der Waals surface area (Å²) in [5.74, 6) is 0.701. The Morgan fingerprint density at radius 3 is 2.47 bits per heavy atom. The van der Waals surface area contributed by atoms with Crippen molar-refractivity contribution >= 4 is 34.1 Å². The number of carbonyl (C=O) groups excluding carboxylic acids is 1. The first-order valence-electron chi connectivity index (χ1n) is 4.71. The van der Waals surface area contributed by atoms with Gasteiger partial charge >= 0.3 is 0 Å². The van der Waals surface area contributed by atoms with Crippen LogP contribution in [0.2, 0.25) is 0 Å². The maximum atomic E-state index is 11.6. The normalized spacial score (nSPS) is 18.6. The Morgan fingerprint density at radius 2 is 1.93 bits per heavy atom. The molecule has 0 saturated carbocycles. The molecule has 0 spiro atoms. The molecule has 0 radical (unpaired) electrons. The average molecular weight is 314 g/mol. The van der Waals surface area contributed by atoms with Crippen LogP contribution in [-0.2, 0) is 9.53 Å². The summed E-state index contributed by atoms with van der Waals surface area (Å²) in [6, 6.07) is 7.86. The minimum Gasteiger partial charge on any atom is -0.479 e. The fourth-order valence-electron chi connectivity index (χ4n) is 1.44. The van der Waals surface area contributed by atoms with Crippen LogP contribution in [0.25, 0.3) is 5.76 Å². The molecular weight excluding hydrogens is 303 g/mol. The minimum atomic E-state index is -0.714. The van der Waals surface area contributed by atoms with Crippen LogP contribution >= 0.6 is 22.6 Å². The second-order valence-electron chi connectivity index (χ2n) is 3.97. The van der Waals surface area contributed by atoms with Crippen molar-refractivity contribution in [2.75, 3.05) is 0 Å². The number of rotatable bonds is 1. The summed E-state index contributed by atoms with van der Waals surface area (Å²) in [6.07, 6.45) is 1.58. The number of carbonyl (C=O) groups is 1.